The van der Waals surface area contributed by atoms with Crippen LogP contribution in [0.2, 0.25) is 0 Å². The van der Waals surface area contributed by atoms with E-state index in [4.69, 9.17) is 24.2 Å². The van der Waals surface area contributed by atoms with Gasteiger partial charge in [0.05, 0.1) is 12.5 Å². The van der Waals surface area contributed by atoms with Crippen LogP contribution in [0.25, 0.3) is 0 Å². The normalized spacial score (nSPS) is 19.2. The third-order valence-corrected chi connectivity index (χ3v) is 5.77. The minimum atomic E-state index is -5.08. The number of pyridine rings is 1. The predicted octanol–water partition coefficient (Wildman–Crippen LogP) is 3.58. The number of carbonyl (C=O) groups is 3. The molecule has 0 bridgehead atoms. The van der Waals surface area contributed by atoms with Gasteiger partial charge in [0, 0.05) is 55.5 Å². The van der Waals surface area contributed by atoms with Crippen LogP contribution in [-0.2, 0) is 20.9 Å². The van der Waals surface area contributed by atoms with Crippen molar-refractivity contribution in [1.29, 1.82) is 0 Å². The van der Waals surface area contributed by atoms with Gasteiger partial charge in [-0.15, -0.1) is 0 Å². The zero-order valence-electron chi connectivity index (χ0n) is 19.1. The van der Waals surface area contributed by atoms with E-state index in [-0.39, 0.29) is 17.4 Å². The Morgan fingerprint density at radius 1 is 1.03 bits per heavy atom. The molecule has 0 aromatic carbocycles. The fraction of sp³-hybridized carbons (Fsp3) is 0.455. The van der Waals surface area contributed by atoms with E-state index in [1.807, 2.05) is 36.9 Å². The predicted molar refractivity (Wildman–Crippen MR) is 113 cm³/mol. The van der Waals surface area contributed by atoms with Crippen LogP contribution in [0.3, 0.4) is 0 Å². The SMILES string of the molecule is O=C(O)C(F)(F)F.O=C(O)C(F)(F)F.O=C1CC(c2ccncc2)C2(CCN(Cc3ccoc3)CC2)N1. The average molecular weight is 539 g/mol. The van der Waals surface area contributed by atoms with E-state index < -0.39 is 24.3 Å². The molecule has 2 saturated heterocycles. The molecule has 1 unspecified atom stereocenters. The lowest BCUT2D eigenvalue weighted by molar-refractivity contribution is -0.193. The van der Waals surface area contributed by atoms with Crippen LogP contribution in [0.5, 0.6) is 0 Å². The first kappa shape index (κ1) is 29.6. The van der Waals surface area contributed by atoms with Gasteiger partial charge in [0.15, 0.2) is 0 Å². The summed E-state index contributed by atoms with van der Waals surface area (Å²) in [5.74, 6) is -5.08. The van der Waals surface area contributed by atoms with Gasteiger partial charge < -0.3 is 19.9 Å². The van der Waals surface area contributed by atoms with Gasteiger partial charge in [-0.2, -0.15) is 26.3 Å². The number of nitrogens with zero attached hydrogens (tertiary/aromatic N) is 2. The molecule has 2 aliphatic heterocycles. The Bertz CT molecular complexity index is 1010. The van der Waals surface area contributed by atoms with E-state index in [2.05, 4.69) is 15.2 Å². The number of piperidine rings is 1. The van der Waals surface area contributed by atoms with Crippen LogP contribution < -0.4 is 5.32 Å². The molecule has 1 spiro atoms. The van der Waals surface area contributed by atoms with Crippen molar-refractivity contribution in [1.82, 2.24) is 15.2 Å². The molecule has 2 aromatic rings. The van der Waals surface area contributed by atoms with Gasteiger partial charge in [0.2, 0.25) is 5.91 Å². The summed E-state index contributed by atoms with van der Waals surface area (Å²) in [6, 6.07) is 6.11. The number of hydrogen-bond donors (Lipinski definition) is 3. The van der Waals surface area contributed by atoms with Crippen molar-refractivity contribution in [2.75, 3.05) is 13.1 Å². The van der Waals surface area contributed by atoms with E-state index in [9.17, 15) is 31.1 Å². The monoisotopic (exact) mass is 539 g/mol. The van der Waals surface area contributed by atoms with Crippen LogP contribution in [0.15, 0.2) is 47.5 Å². The van der Waals surface area contributed by atoms with Gasteiger partial charge in [-0.3, -0.25) is 14.7 Å². The molecule has 0 radical (unpaired) electrons. The maximum absolute atomic E-state index is 12.1. The molecule has 2 aromatic heterocycles. The van der Waals surface area contributed by atoms with E-state index >= 15 is 0 Å². The molecule has 4 rings (SSSR count). The standard InChI is InChI=1S/C18H21N3O2.2C2HF3O2/c22-17-11-16(15-1-6-19-7-2-15)18(20-17)4-8-21(9-5-18)12-14-3-10-23-13-14;2*3-2(4,5)1(6)7/h1-3,6-7,10,13,16H,4-5,8-9,11-12H2,(H,20,22);2*(H,6,7). The first-order chi connectivity index (χ1) is 17.1. The first-order valence-corrected chi connectivity index (χ1v) is 10.7. The molecule has 2 aliphatic rings. The lowest BCUT2D eigenvalue weighted by Crippen LogP contribution is -2.53. The maximum Gasteiger partial charge on any atom is 0.490 e. The van der Waals surface area contributed by atoms with E-state index in [1.165, 1.54) is 11.1 Å². The number of hydrogen-bond acceptors (Lipinski definition) is 6. The molecule has 15 heteroatoms. The van der Waals surface area contributed by atoms with Crippen molar-refractivity contribution in [2.45, 2.75) is 49.6 Å². The lowest BCUT2D eigenvalue weighted by Gasteiger charge is -2.43. The highest BCUT2D eigenvalue weighted by molar-refractivity contribution is 5.81. The Hall–Kier alpha value is -3.62. The Balaban J connectivity index is 0.000000286. The van der Waals surface area contributed by atoms with Crippen molar-refractivity contribution in [3.05, 3.63) is 54.2 Å². The molecule has 0 saturated carbocycles. The molecule has 1 amide bonds. The third kappa shape index (κ3) is 8.77. The quantitative estimate of drug-likeness (QED) is 0.505. The largest absolute Gasteiger partial charge is 0.490 e. The van der Waals surface area contributed by atoms with Crippen molar-refractivity contribution < 1.29 is 55.4 Å². The molecule has 9 nitrogen and oxygen atoms in total. The van der Waals surface area contributed by atoms with Gasteiger partial charge in [-0.25, -0.2) is 9.59 Å². The minimum absolute atomic E-state index is 0.0919. The number of nitrogens with one attached hydrogen (secondary N) is 1. The number of amides is 1. The number of furan rings is 1. The number of carbonyl (C=O) groups excluding carboxylic acids is 1. The molecular formula is C22H23F6N3O6. The molecule has 4 heterocycles. The summed E-state index contributed by atoms with van der Waals surface area (Å²) < 4.78 is 68.6. The lowest BCUT2D eigenvalue weighted by atomic mass is 9.74. The number of aliphatic carboxylic acids is 2. The highest BCUT2D eigenvalue weighted by Gasteiger charge is 2.48. The van der Waals surface area contributed by atoms with Crippen LogP contribution in [0.1, 0.15) is 36.3 Å². The van der Waals surface area contributed by atoms with Crippen molar-refractivity contribution in [3.8, 4) is 0 Å². The third-order valence-electron chi connectivity index (χ3n) is 5.77. The Labute approximate surface area is 206 Å². The number of aromatic nitrogens is 1. The summed E-state index contributed by atoms with van der Waals surface area (Å²) in [7, 11) is 0. The molecule has 3 N–H and O–H groups in total. The van der Waals surface area contributed by atoms with E-state index in [1.54, 1.807) is 6.26 Å². The number of alkyl halides is 6. The second-order valence-electron chi connectivity index (χ2n) is 8.26. The van der Waals surface area contributed by atoms with Crippen LogP contribution in [0, 0.1) is 0 Å². The molecule has 1 atom stereocenters. The van der Waals surface area contributed by atoms with Crippen molar-refractivity contribution in [2.24, 2.45) is 0 Å². The second kappa shape index (κ2) is 12.1. The Morgan fingerprint density at radius 2 is 1.54 bits per heavy atom. The van der Waals surface area contributed by atoms with Crippen LogP contribution >= 0.6 is 0 Å². The van der Waals surface area contributed by atoms with Crippen LogP contribution in [-0.4, -0.2) is 68.9 Å². The highest BCUT2D eigenvalue weighted by atomic mass is 19.4. The maximum atomic E-state index is 12.1. The summed E-state index contributed by atoms with van der Waals surface area (Å²) in [5.41, 5.74) is 2.34. The summed E-state index contributed by atoms with van der Waals surface area (Å²) in [4.78, 5) is 36.4. The highest BCUT2D eigenvalue weighted by Crippen LogP contribution is 2.43. The number of carboxylic acids is 2. The van der Waals surface area contributed by atoms with E-state index in [0.29, 0.717) is 6.42 Å². The topological polar surface area (TPSA) is 133 Å². The number of likely N-dealkylation sites (tertiary alicyclic amines) is 1. The second-order valence-corrected chi connectivity index (χ2v) is 8.26. The summed E-state index contributed by atoms with van der Waals surface area (Å²) in [5, 5.41) is 17.5. The van der Waals surface area contributed by atoms with Gasteiger partial charge in [-0.05, 0) is 36.6 Å². The average Bonchev–Trinajstić information content (AvgIpc) is 3.43. The minimum Gasteiger partial charge on any atom is -0.475 e. The number of rotatable bonds is 3. The zero-order valence-corrected chi connectivity index (χ0v) is 19.1. The van der Waals surface area contributed by atoms with Crippen molar-refractivity contribution in [3.63, 3.8) is 0 Å². The fourth-order valence-electron chi connectivity index (χ4n) is 4.05. The molecule has 37 heavy (non-hydrogen) atoms. The smallest absolute Gasteiger partial charge is 0.475 e. The summed E-state index contributed by atoms with van der Waals surface area (Å²) in [6.45, 7) is 2.90. The summed E-state index contributed by atoms with van der Waals surface area (Å²) in [6.07, 6.45) is -0.433. The number of halogens is 6. The van der Waals surface area contributed by atoms with Crippen LogP contribution in [0.4, 0.5) is 26.3 Å². The first-order valence-electron chi connectivity index (χ1n) is 10.7. The van der Waals surface area contributed by atoms with E-state index in [0.717, 1.165) is 32.5 Å². The Morgan fingerprint density at radius 3 is 1.97 bits per heavy atom. The number of carboxylic acid groups (broad SMARTS) is 2. The Kier molecular flexibility index (Phi) is 9.67. The summed E-state index contributed by atoms with van der Waals surface area (Å²) >= 11 is 0. The van der Waals surface area contributed by atoms with Gasteiger partial charge in [0.1, 0.15) is 0 Å². The van der Waals surface area contributed by atoms with Gasteiger partial charge >= 0.3 is 24.3 Å². The molecule has 0 aliphatic carbocycles. The fourth-order valence-corrected chi connectivity index (χ4v) is 4.05. The van der Waals surface area contributed by atoms with Crippen molar-refractivity contribution >= 4 is 17.8 Å². The van der Waals surface area contributed by atoms with Gasteiger partial charge in [0.25, 0.3) is 0 Å². The molecule has 204 valence electrons. The molecule has 2 fully saturated rings. The molecular weight excluding hydrogens is 516 g/mol. The van der Waals surface area contributed by atoms with Gasteiger partial charge in [-0.1, -0.05) is 0 Å². The zero-order chi connectivity index (χ0) is 27.9.